The summed E-state index contributed by atoms with van der Waals surface area (Å²) in [4.78, 5) is 15.6. The van der Waals surface area contributed by atoms with Crippen molar-refractivity contribution in [2.45, 2.75) is 24.3 Å². The monoisotopic (exact) mass is 378 g/mol. The molecule has 0 unspecified atom stereocenters. The molecule has 1 atom stereocenters. The molecule has 4 rings (SSSR count). The molecule has 0 saturated heterocycles. The maximum absolute atomic E-state index is 12.4. The van der Waals surface area contributed by atoms with Crippen molar-refractivity contribution < 1.29 is 9.21 Å². The topological polar surface area (TPSA) is 83.8 Å². The number of anilines is 1. The molecule has 1 amide bonds. The lowest BCUT2D eigenvalue weighted by molar-refractivity contribution is -0.115. The average Bonchev–Trinajstić information content (AvgIpc) is 3.30. The summed E-state index contributed by atoms with van der Waals surface area (Å²) in [6.45, 7) is 3.81. The minimum absolute atomic E-state index is 0.115. The highest BCUT2D eigenvalue weighted by Gasteiger charge is 2.20. The number of H-pyrrole nitrogens is 1. The molecule has 0 bridgehead atoms. The standard InChI is InChI=1S/C20H18N4O2S/c1-12-7-9-14(10-8-12)22-18(25)13(2)27-20-24-23-19(26-20)16-11-21-17-6-4-3-5-15(16)17/h3-11,13,21H,1-2H3,(H,22,25)/t13-/m1/s1. The normalized spacial score (nSPS) is 12.2. The molecule has 2 aromatic heterocycles. The third kappa shape index (κ3) is 3.73. The van der Waals surface area contributed by atoms with Crippen LogP contribution in [-0.4, -0.2) is 26.3 Å². The molecule has 4 aromatic rings. The summed E-state index contributed by atoms with van der Waals surface area (Å²) in [5.41, 5.74) is 3.77. The Morgan fingerprint density at radius 3 is 2.74 bits per heavy atom. The van der Waals surface area contributed by atoms with Crippen molar-refractivity contribution in [3.05, 3.63) is 60.3 Å². The van der Waals surface area contributed by atoms with Gasteiger partial charge >= 0.3 is 0 Å². The Kier molecular flexibility index (Phi) is 4.68. The first-order valence-corrected chi connectivity index (χ1v) is 9.42. The van der Waals surface area contributed by atoms with Crippen LogP contribution in [0.1, 0.15) is 12.5 Å². The molecule has 7 heteroatoms. The summed E-state index contributed by atoms with van der Waals surface area (Å²) >= 11 is 1.24. The maximum atomic E-state index is 12.4. The first-order valence-electron chi connectivity index (χ1n) is 8.54. The summed E-state index contributed by atoms with van der Waals surface area (Å²) in [7, 11) is 0. The van der Waals surface area contributed by atoms with Gasteiger partial charge in [0.2, 0.25) is 5.91 Å². The number of carbonyl (C=O) groups excluding carboxylic acids is 1. The Balaban J connectivity index is 1.45. The fourth-order valence-corrected chi connectivity index (χ4v) is 3.38. The number of hydrogen-bond donors (Lipinski definition) is 2. The van der Waals surface area contributed by atoms with Gasteiger partial charge in [0.1, 0.15) is 0 Å². The van der Waals surface area contributed by atoms with E-state index >= 15 is 0 Å². The van der Waals surface area contributed by atoms with Gasteiger partial charge in [-0.05, 0) is 32.0 Å². The van der Waals surface area contributed by atoms with Crippen molar-refractivity contribution in [3.63, 3.8) is 0 Å². The molecule has 0 fully saturated rings. The van der Waals surface area contributed by atoms with Crippen LogP contribution in [0.4, 0.5) is 5.69 Å². The molecule has 0 aliphatic heterocycles. The van der Waals surface area contributed by atoms with Crippen molar-refractivity contribution in [2.75, 3.05) is 5.32 Å². The van der Waals surface area contributed by atoms with Crippen LogP contribution in [0.5, 0.6) is 0 Å². The molecule has 0 spiro atoms. The molecule has 136 valence electrons. The van der Waals surface area contributed by atoms with Crippen LogP contribution in [0.25, 0.3) is 22.4 Å². The van der Waals surface area contributed by atoms with Gasteiger partial charge in [0.15, 0.2) is 0 Å². The molecule has 0 radical (unpaired) electrons. The second kappa shape index (κ2) is 7.28. The SMILES string of the molecule is Cc1ccc(NC(=O)[C@@H](C)Sc2nnc(-c3c[nH]c4ccccc34)o2)cc1. The maximum Gasteiger partial charge on any atom is 0.277 e. The average molecular weight is 378 g/mol. The number of nitrogens with zero attached hydrogens (tertiary/aromatic N) is 2. The second-order valence-electron chi connectivity index (χ2n) is 6.24. The number of fused-ring (bicyclic) bond motifs is 1. The number of benzene rings is 2. The van der Waals surface area contributed by atoms with Gasteiger partial charge in [-0.3, -0.25) is 4.79 Å². The van der Waals surface area contributed by atoms with Crippen molar-refractivity contribution in [1.82, 2.24) is 15.2 Å². The van der Waals surface area contributed by atoms with E-state index in [0.29, 0.717) is 11.1 Å². The number of thioether (sulfide) groups is 1. The summed E-state index contributed by atoms with van der Waals surface area (Å²) in [5, 5.41) is 12.1. The Hall–Kier alpha value is -3.06. The molecule has 2 N–H and O–H groups in total. The Bertz CT molecular complexity index is 1080. The van der Waals surface area contributed by atoms with E-state index in [9.17, 15) is 4.79 Å². The third-order valence-corrected chi connectivity index (χ3v) is 5.13. The number of para-hydroxylation sites is 1. The van der Waals surface area contributed by atoms with E-state index in [1.165, 1.54) is 11.8 Å². The summed E-state index contributed by atoms with van der Waals surface area (Å²) in [6, 6.07) is 15.6. The van der Waals surface area contributed by atoms with E-state index in [1.54, 1.807) is 0 Å². The minimum Gasteiger partial charge on any atom is -0.411 e. The van der Waals surface area contributed by atoms with Crippen molar-refractivity contribution in [1.29, 1.82) is 0 Å². The molecular formula is C20H18N4O2S. The lowest BCUT2D eigenvalue weighted by Gasteiger charge is -2.09. The van der Waals surface area contributed by atoms with Gasteiger partial charge in [-0.15, -0.1) is 10.2 Å². The van der Waals surface area contributed by atoms with Crippen LogP contribution in [0.15, 0.2) is 64.4 Å². The van der Waals surface area contributed by atoms with Gasteiger partial charge in [-0.2, -0.15) is 0 Å². The molecular weight excluding hydrogens is 360 g/mol. The number of amides is 1. The van der Waals surface area contributed by atoms with E-state index in [-0.39, 0.29) is 11.2 Å². The van der Waals surface area contributed by atoms with E-state index < -0.39 is 0 Å². The van der Waals surface area contributed by atoms with Gasteiger partial charge in [-0.1, -0.05) is 47.7 Å². The van der Waals surface area contributed by atoms with E-state index in [0.717, 1.165) is 27.7 Å². The zero-order valence-corrected chi connectivity index (χ0v) is 15.7. The van der Waals surface area contributed by atoms with Crippen molar-refractivity contribution in [2.24, 2.45) is 0 Å². The van der Waals surface area contributed by atoms with E-state index in [2.05, 4.69) is 20.5 Å². The molecule has 2 heterocycles. The molecule has 27 heavy (non-hydrogen) atoms. The Morgan fingerprint density at radius 2 is 1.93 bits per heavy atom. The van der Waals surface area contributed by atoms with Crippen LogP contribution in [0, 0.1) is 6.92 Å². The van der Waals surface area contributed by atoms with Crippen molar-refractivity contribution >= 4 is 34.3 Å². The molecule has 2 aromatic carbocycles. The van der Waals surface area contributed by atoms with E-state index in [1.807, 2.05) is 68.6 Å². The Labute approximate surface area is 160 Å². The number of nitrogens with one attached hydrogen (secondary N) is 2. The highest BCUT2D eigenvalue weighted by Crippen LogP contribution is 2.30. The van der Waals surface area contributed by atoms with Crippen LogP contribution in [-0.2, 0) is 4.79 Å². The lowest BCUT2D eigenvalue weighted by atomic mass is 10.2. The predicted molar refractivity (Wildman–Crippen MR) is 107 cm³/mol. The van der Waals surface area contributed by atoms with Crippen LogP contribution < -0.4 is 5.32 Å². The fraction of sp³-hybridized carbons (Fsp3) is 0.150. The predicted octanol–water partition coefficient (Wildman–Crippen LogP) is 4.65. The van der Waals surface area contributed by atoms with Crippen LogP contribution in [0.2, 0.25) is 0 Å². The second-order valence-corrected chi connectivity index (χ2v) is 7.53. The smallest absolute Gasteiger partial charge is 0.277 e. The third-order valence-electron chi connectivity index (χ3n) is 4.19. The number of carbonyl (C=O) groups is 1. The highest BCUT2D eigenvalue weighted by molar-refractivity contribution is 8.00. The quantitative estimate of drug-likeness (QED) is 0.494. The first-order chi connectivity index (χ1) is 13.1. The minimum atomic E-state index is -0.373. The van der Waals surface area contributed by atoms with Gasteiger partial charge in [-0.25, -0.2) is 0 Å². The first kappa shape index (κ1) is 17.4. The van der Waals surface area contributed by atoms with E-state index in [4.69, 9.17) is 4.42 Å². The number of aryl methyl sites for hydroxylation is 1. The zero-order valence-electron chi connectivity index (χ0n) is 14.9. The number of aromatic amines is 1. The van der Waals surface area contributed by atoms with Gasteiger partial charge < -0.3 is 14.7 Å². The number of aromatic nitrogens is 3. The number of hydrogen-bond acceptors (Lipinski definition) is 5. The van der Waals surface area contributed by atoms with Crippen molar-refractivity contribution in [3.8, 4) is 11.5 Å². The highest BCUT2D eigenvalue weighted by atomic mass is 32.2. The Morgan fingerprint density at radius 1 is 1.15 bits per heavy atom. The fourth-order valence-electron chi connectivity index (χ4n) is 2.70. The van der Waals surface area contributed by atoms with Gasteiger partial charge in [0.25, 0.3) is 11.1 Å². The zero-order chi connectivity index (χ0) is 18.8. The molecule has 0 saturated carbocycles. The van der Waals surface area contributed by atoms with Gasteiger partial charge in [0.05, 0.1) is 10.8 Å². The summed E-state index contributed by atoms with van der Waals surface area (Å²) in [5.74, 6) is 0.316. The lowest BCUT2D eigenvalue weighted by Crippen LogP contribution is -2.22. The summed E-state index contributed by atoms with van der Waals surface area (Å²) in [6.07, 6.45) is 1.85. The molecule has 0 aliphatic carbocycles. The molecule has 6 nitrogen and oxygen atoms in total. The van der Waals surface area contributed by atoms with Gasteiger partial charge in [0, 0.05) is 22.8 Å². The summed E-state index contributed by atoms with van der Waals surface area (Å²) < 4.78 is 5.76. The number of rotatable bonds is 5. The largest absolute Gasteiger partial charge is 0.411 e. The molecule has 0 aliphatic rings. The van der Waals surface area contributed by atoms with Crippen LogP contribution in [0.3, 0.4) is 0 Å². The van der Waals surface area contributed by atoms with Crippen LogP contribution >= 0.6 is 11.8 Å².